The first kappa shape index (κ1) is 22.3. The summed E-state index contributed by atoms with van der Waals surface area (Å²) >= 11 is 0. The summed E-state index contributed by atoms with van der Waals surface area (Å²) in [7, 11) is 0. The maximum Gasteiger partial charge on any atom is 0.335 e. The fourth-order valence-corrected chi connectivity index (χ4v) is 3.16. The fraction of sp³-hybridized carbons (Fsp3) is 0. The molecule has 0 aliphatic heterocycles. The number of carbonyl (C=O) groups is 2. The van der Waals surface area contributed by atoms with Gasteiger partial charge in [0.25, 0.3) is 0 Å². The standard InChI is InChI=1S/C24H16F2N4O4/c25-17-6-9-20(21(26)11-17)22-16(12-27-28-18-3-1-2-15(10-18)24(33)34)13-30(29-22)19-7-4-14(5-8-19)23(31)32/h1-13,28H,(H,31,32)(H,33,34)/b27-12+. The van der Waals surface area contributed by atoms with E-state index in [2.05, 4.69) is 15.6 Å². The molecule has 0 saturated carbocycles. The van der Waals surface area contributed by atoms with E-state index in [1.54, 1.807) is 18.3 Å². The molecule has 3 aromatic carbocycles. The molecule has 8 nitrogen and oxygen atoms in total. The van der Waals surface area contributed by atoms with Crippen LogP contribution in [-0.2, 0) is 0 Å². The second kappa shape index (κ2) is 9.33. The molecule has 0 atom stereocenters. The smallest absolute Gasteiger partial charge is 0.335 e. The lowest BCUT2D eigenvalue weighted by Gasteiger charge is -2.03. The topological polar surface area (TPSA) is 117 Å². The second-order valence-corrected chi connectivity index (χ2v) is 7.11. The number of halogens is 2. The highest BCUT2D eigenvalue weighted by molar-refractivity contribution is 5.90. The molecule has 10 heteroatoms. The summed E-state index contributed by atoms with van der Waals surface area (Å²) in [5.41, 5.74) is 4.39. The zero-order valence-electron chi connectivity index (χ0n) is 17.3. The van der Waals surface area contributed by atoms with Gasteiger partial charge >= 0.3 is 11.9 Å². The predicted octanol–water partition coefficient (Wildman–Crippen LogP) is 4.66. The largest absolute Gasteiger partial charge is 0.478 e. The maximum atomic E-state index is 14.5. The number of benzene rings is 3. The van der Waals surface area contributed by atoms with E-state index in [-0.39, 0.29) is 22.4 Å². The summed E-state index contributed by atoms with van der Waals surface area (Å²) in [5, 5.41) is 26.7. The van der Waals surface area contributed by atoms with Crippen LogP contribution in [0.2, 0.25) is 0 Å². The molecule has 4 aromatic rings. The maximum absolute atomic E-state index is 14.5. The number of rotatable bonds is 7. The summed E-state index contributed by atoms with van der Waals surface area (Å²) in [6.07, 6.45) is 2.91. The van der Waals surface area contributed by atoms with Gasteiger partial charge in [-0.05, 0) is 54.6 Å². The van der Waals surface area contributed by atoms with Crippen LogP contribution in [0.15, 0.2) is 78.0 Å². The van der Waals surface area contributed by atoms with Crippen LogP contribution in [0.3, 0.4) is 0 Å². The van der Waals surface area contributed by atoms with E-state index in [4.69, 9.17) is 10.2 Å². The Hall–Kier alpha value is -4.86. The third-order valence-electron chi connectivity index (χ3n) is 4.81. The predicted molar refractivity (Wildman–Crippen MR) is 120 cm³/mol. The number of carboxylic acid groups (broad SMARTS) is 2. The molecular formula is C24H16F2N4O4. The Morgan fingerprint density at radius 3 is 2.35 bits per heavy atom. The van der Waals surface area contributed by atoms with Crippen molar-refractivity contribution in [3.05, 3.63) is 101 Å². The van der Waals surface area contributed by atoms with Gasteiger partial charge in [-0.2, -0.15) is 10.2 Å². The van der Waals surface area contributed by atoms with Gasteiger partial charge in [0.1, 0.15) is 17.3 Å². The number of nitrogens with one attached hydrogen (secondary N) is 1. The molecule has 3 N–H and O–H groups in total. The van der Waals surface area contributed by atoms with Gasteiger partial charge in [-0.3, -0.25) is 5.43 Å². The Morgan fingerprint density at radius 1 is 0.941 bits per heavy atom. The van der Waals surface area contributed by atoms with Crippen molar-refractivity contribution in [2.24, 2.45) is 5.10 Å². The van der Waals surface area contributed by atoms with Crippen molar-refractivity contribution >= 4 is 23.8 Å². The molecule has 0 bridgehead atoms. The SMILES string of the molecule is O=C(O)c1ccc(-n2cc(/C=N/Nc3cccc(C(=O)O)c3)c(-c3ccc(F)cc3F)n2)cc1. The minimum atomic E-state index is -1.09. The number of hydrazone groups is 1. The molecule has 0 unspecified atom stereocenters. The van der Waals surface area contributed by atoms with Gasteiger partial charge in [0.05, 0.1) is 28.7 Å². The van der Waals surface area contributed by atoms with Crippen LogP contribution < -0.4 is 5.43 Å². The van der Waals surface area contributed by atoms with Crippen LogP contribution in [0.25, 0.3) is 16.9 Å². The van der Waals surface area contributed by atoms with Gasteiger partial charge in [0.2, 0.25) is 0 Å². The summed E-state index contributed by atoms with van der Waals surface area (Å²) < 4.78 is 29.3. The molecule has 0 amide bonds. The normalized spacial score (nSPS) is 11.0. The molecule has 0 spiro atoms. The Morgan fingerprint density at radius 2 is 1.68 bits per heavy atom. The molecule has 0 saturated heterocycles. The zero-order valence-corrected chi connectivity index (χ0v) is 17.3. The molecular weight excluding hydrogens is 446 g/mol. The molecule has 0 aliphatic carbocycles. The molecule has 0 fully saturated rings. The zero-order chi connectivity index (χ0) is 24.2. The summed E-state index contributed by atoms with van der Waals surface area (Å²) in [5.74, 6) is -3.72. The highest BCUT2D eigenvalue weighted by atomic mass is 19.1. The molecule has 4 rings (SSSR count). The van der Waals surface area contributed by atoms with Gasteiger partial charge in [0.15, 0.2) is 0 Å². The van der Waals surface area contributed by atoms with Crippen LogP contribution in [0.1, 0.15) is 26.3 Å². The first-order valence-corrected chi connectivity index (χ1v) is 9.83. The van der Waals surface area contributed by atoms with Gasteiger partial charge in [0, 0.05) is 23.4 Å². The molecule has 1 heterocycles. The van der Waals surface area contributed by atoms with Crippen LogP contribution in [0.5, 0.6) is 0 Å². The first-order valence-electron chi connectivity index (χ1n) is 9.83. The van der Waals surface area contributed by atoms with Gasteiger partial charge in [-0.15, -0.1) is 0 Å². The number of aromatic carboxylic acids is 2. The second-order valence-electron chi connectivity index (χ2n) is 7.11. The van der Waals surface area contributed by atoms with Crippen LogP contribution >= 0.6 is 0 Å². The Bertz CT molecular complexity index is 1420. The molecule has 0 aliphatic rings. The van der Waals surface area contributed by atoms with Gasteiger partial charge in [-0.25, -0.2) is 23.1 Å². The van der Waals surface area contributed by atoms with Crippen molar-refractivity contribution in [3.63, 3.8) is 0 Å². The van der Waals surface area contributed by atoms with Crippen LogP contribution in [-0.4, -0.2) is 38.1 Å². The van der Waals surface area contributed by atoms with E-state index in [0.717, 1.165) is 12.1 Å². The van der Waals surface area contributed by atoms with E-state index < -0.39 is 23.6 Å². The van der Waals surface area contributed by atoms with E-state index in [9.17, 15) is 18.4 Å². The monoisotopic (exact) mass is 462 g/mol. The van der Waals surface area contributed by atoms with Crippen molar-refractivity contribution in [1.29, 1.82) is 0 Å². The van der Waals surface area contributed by atoms with Gasteiger partial charge in [-0.1, -0.05) is 6.07 Å². The Balaban J connectivity index is 1.71. The van der Waals surface area contributed by atoms with Crippen molar-refractivity contribution in [2.45, 2.75) is 0 Å². The van der Waals surface area contributed by atoms with Crippen LogP contribution in [0, 0.1) is 11.6 Å². The van der Waals surface area contributed by atoms with Crippen molar-refractivity contribution in [1.82, 2.24) is 9.78 Å². The quantitative estimate of drug-likeness (QED) is 0.272. The number of nitrogens with zero attached hydrogens (tertiary/aromatic N) is 3. The lowest BCUT2D eigenvalue weighted by Crippen LogP contribution is -1.99. The van der Waals surface area contributed by atoms with E-state index in [1.165, 1.54) is 53.4 Å². The summed E-state index contributed by atoms with van der Waals surface area (Å²) in [6.45, 7) is 0. The van der Waals surface area contributed by atoms with Crippen molar-refractivity contribution < 1.29 is 28.6 Å². The number of anilines is 1. The lowest BCUT2D eigenvalue weighted by atomic mass is 10.1. The van der Waals surface area contributed by atoms with Crippen LogP contribution in [0.4, 0.5) is 14.5 Å². The third kappa shape index (κ3) is 4.80. The average Bonchev–Trinajstić information content (AvgIpc) is 3.23. The molecule has 170 valence electrons. The van der Waals surface area contributed by atoms with E-state index in [1.807, 2.05) is 0 Å². The Kier molecular flexibility index (Phi) is 6.13. The highest BCUT2D eigenvalue weighted by Gasteiger charge is 2.16. The molecule has 34 heavy (non-hydrogen) atoms. The summed E-state index contributed by atoms with van der Waals surface area (Å²) in [6, 6.07) is 15.0. The minimum Gasteiger partial charge on any atom is -0.478 e. The molecule has 1 aromatic heterocycles. The number of hydrogen-bond donors (Lipinski definition) is 3. The Labute approximate surface area is 191 Å². The van der Waals surface area contributed by atoms with E-state index in [0.29, 0.717) is 16.9 Å². The lowest BCUT2D eigenvalue weighted by molar-refractivity contribution is 0.0686. The third-order valence-corrected chi connectivity index (χ3v) is 4.81. The van der Waals surface area contributed by atoms with Crippen molar-refractivity contribution in [3.8, 4) is 16.9 Å². The average molecular weight is 462 g/mol. The number of hydrogen-bond acceptors (Lipinski definition) is 5. The van der Waals surface area contributed by atoms with E-state index >= 15 is 0 Å². The minimum absolute atomic E-state index is 0.0385. The number of carboxylic acids is 2. The first-order chi connectivity index (χ1) is 16.3. The molecule has 0 radical (unpaired) electrons. The van der Waals surface area contributed by atoms with Crippen molar-refractivity contribution in [2.75, 3.05) is 5.43 Å². The van der Waals surface area contributed by atoms with Gasteiger partial charge < -0.3 is 10.2 Å². The fourth-order valence-electron chi connectivity index (χ4n) is 3.16. The highest BCUT2D eigenvalue weighted by Crippen LogP contribution is 2.26. The number of aromatic nitrogens is 2. The summed E-state index contributed by atoms with van der Waals surface area (Å²) in [4.78, 5) is 22.2.